The fourth-order valence-corrected chi connectivity index (χ4v) is 2.46. The van der Waals surface area contributed by atoms with E-state index in [2.05, 4.69) is 47.6 Å². The molecule has 3 nitrogen and oxygen atoms in total. The van der Waals surface area contributed by atoms with Crippen LogP contribution in [0.15, 0.2) is 36.4 Å². The number of benzene rings is 2. The Morgan fingerprint density at radius 1 is 1.05 bits per heavy atom. The van der Waals surface area contributed by atoms with Gasteiger partial charge >= 0.3 is 0 Å². The summed E-state index contributed by atoms with van der Waals surface area (Å²) in [5.41, 5.74) is 3.43. The number of anilines is 1. The molecule has 104 valence electrons. The van der Waals surface area contributed by atoms with Crippen molar-refractivity contribution in [2.75, 3.05) is 19.0 Å². The van der Waals surface area contributed by atoms with E-state index in [0.29, 0.717) is 0 Å². The summed E-state index contributed by atoms with van der Waals surface area (Å²) in [5, 5.41) is 5.63. The second kappa shape index (κ2) is 5.45. The number of hydrogen-bond donors (Lipinski definition) is 2. The topological polar surface area (TPSA) is 37.0 Å². The third-order valence-corrected chi connectivity index (χ3v) is 3.63. The molecule has 3 aromatic rings. The smallest absolute Gasteiger partial charge is 0.120 e. The van der Waals surface area contributed by atoms with Crippen LogP contribution >= 0.6 is 0 Å². The first-order chi connectivity index (χ1) is 9.81. The number of H-pyrrole nitrogens is 1. The van der Waals surface area contributed by atoms with Crippen molar-refractivity contribution >= 4 is 27.5 Å². The van der Waals surface area contributed by atoms with Gasteiger partial charge in [0.05, 0.1) is 6.61 Å². The van der Waals surface area contributed by atoms with Crippen molar-refractivity contribution < 1.29 is 4.74 Å². The summed E-state index contributed by atoms with van der Waals surface area (Å²) in [5.74, 6) is 0.946. The van der Waals surface area contributed by atoms with Crippen LogP contribution in [0, 0.1) is 0 Å². The maximum Gasteiger partial charge on any atom is 0.120 e. The Morgan fingerprint density at radius 2 is 1.80 bits per heavy atom. The van der Waals surface area contributed by atoms with E-state index in [0.717, 1.165) is 41.9 Å². The van der Waals surface area contributed by atoms with Crippen molar-refractivity contribution in [3.05, 3.63) is 36.4 Å². The van der Waals surface area contributed by atoms with Crippen LogP contribution < -0.4 is 10.1 Å². The predicted molar refractivity (Wildman–Crippen MR) is 85.8 cm³/mol. The number of hydrogen-bond acceptors (Lipinski definition) is 2. The minimum absolute atomic E-state index is 0.784. The van der Waals surface area contributed by atoms with E-state index in [9.17, 15) is 0 Å². The number of fused-ring (bicyclic) bond motifs is 3. The predicted octanol–water partition coefficient (Wildman–Crippen LogP) is 4.54. The molecule has 0 bridgehead atoms. The van der Waals surface area contributed by atoms with Crippen LogP contribution in [-0.4, -0.2) is 18.6 Å². The fourth-order valence-electron chi connectivity index (χ4n) is 2.46. The second-order valence-corrected chi connectivity index (χ2v) is 5.04. The van der Waals surface area contributed by atoms with Crippen molar-refractivity contribution in [1.29, 1.82) is 0 Å². The molecular formula is C17H20N2O. The highest BCUT2D eigenvalue weighted by molar-refractivity contribution is 6.08. The monoisotopic (exact) mass is 268 g/mol. The quantitative estimate of drug-likeness (QED) is 0.666. The van der Waals surface area contributed by atoms with Gasteiger partial charge in [-0.05, 0) is 42.8 Å². The Labute approximate surface area is 118 Å². The van der Waals surface area contributed by atoms with Crippen LogP contribution in [0.5, 0.6) is 5.75 Å². The molecule has 0 spiro atoms. The van der Waals surface area contributed by atoms with Gasteiger partial charge in [0, 0.05) is 34.5 Å². The van der Waals surface area contributed by atoms with Gasteiger partial charge in [-0.1, -0.05) is 13.3 Å². The molecule has 3 rings (SSSR count). The third kappa shape index (κ3) is 2.31. The van der Waals surface area contributed by atoms with Gasteiger partial charge < -0.3 is 15.0 Å². The number of aromatic amines is 1. The Hall–Kier alpha value is -2.16. The minimum atomic E-state index is 0.784. The average Bonchev–Trinajstić information content (AvgIpc) is 2.84. The summed E-state index contributed by atoms with van der Waals surface area (Å²) >= 11 is 0. The highest BCUT2D eigenvalue weighted by Gasteiger charge is 2.06. The maximum absolute atomic E-state index is 5.80. The second-order valence-electron chi connectivity index (χ2n) is 5.04. The van der Waals surface area contributed by atoms with E-state index >= 15 is 0 Å². The first-order valence-corrected chi connectivity index (χ1v) is 7.18. The Bertz CT molecular complexity index is 730. The van der Waals surface area contributed by atoms with Gasteiger partial charge in [0.25, 0.3) is 0 Å². The number of nitrogens with one attached hydrogen (secondary N) is 2. The molecule has 1 aromatic heterocycles. The van der Waals surface area contributed by atoms with E-state index in [1.54, 1.807) is 0 Å². The molecule has 1 heterocycles. The molecule has 0 atom stereocenters. The van der Waals surface area contributed by atoms with E-state index in [-0.39, 0.29) is 0 Å². The summed E-state index contributed by atoms with van der Waals surface area (Å²) in [4.78, 5) is 3.44. The van der Waals surface area contributed by atoms with Crippen molar-refractivity contribution in [3.8, 4) is 5.75 Å². The van der Waals surface area contributed by atoms with Gasteiger partial charge in [0.1, 0.15) is 5.75 Å². The molecule has 0 unspecified atom stereocenters. The number of aromatic nitrogens is 1. The van der Waals surface area contributed by atoms with E-state index in [1.165, 1.54) is 10.8 Å². The normalized spacial score (nSPS) is 11.1. The summed E-state index contributed by atoms with van der Waals surface area (Å²) < 4.78 is 5.80. The molecule has 3 heteroatoms. The molecule has 2 aromatic carbocycles. The first-order valence-electron chi connectivity index (χ1n) is 7.18. The molecule has 2 N–H and O–H groups in total. The van der Waals surface area contributed by atoms with Crippen LogP contribution in [-0.2, 0) is 0 Å². The molecule has 0 aliphatic rings. The lowest BCUT2D eigenvalue weighted by Crippen LogP contribution is -1.95. The molecule has 20 heavy (non-hydrogen) atoms. The third-order valence-electron chi connectivity index (χ3n) is 3.63. The van der Waals surface area contributed by atoms with Crippen molar-refractivity contribution in [3.63, 3.8) is 0 Å². The molecule has 0 aliphatic carbocycles. The zero-order valence-corrected chi connectivity index (χ0v) is 12.0. The van der Waals surface area contributed by atoms with Crippen LogP contribution in [0.1, 0.15) is 19.8 Å². The van der Waals surface area contributed by atoms with Gasteiger partial charge in [-0.2, -0.15) is 0 Å². The summed E-state index contributed by atoms with van der Waals surface area (Å²) in [7, 11) is 1.94. The SMILES string of the molecule is CCCCOc1ccc2[nH]c3ccc(NC)cc3c2c1. The van der Waals surface area contributed by atoms with Crippen molar-refractivity contribution in [1.82, 2.24) is 4.98 Å². The first kappa shape index (κ1) is 12.9. The number of unbranched alkanes of at least 4 members (excludes halogenated alkanes) is 1. The largest absolute Gasteiger partial charge is 0.494 e. The Morgan fingerprint density at radius 3 is 2.55 bits per heavy atom. The highest BCUT2D eigenvalue weighted by atomic mass is 16.5. The number of rotatable bonds is 5. The lowest BCUT2D eigenvalue weighted by molar-refractivity contribution is 0.310. The Balaban J connectivity index is 2.04. The molecule has 0 saturated heterocycles. The van der Waals surface area contributed by atoms with Crippen LogP contribution in [0.25, 0.3) is 21.8 Å². The molecule has 0 saturated carbocycles. The molecule has 0 radical (unpaired) electrons. The standard InChI is InChI=1S/C17H20N2O/c1-3-4-9-20-13-6-8-17-15(11-13)14-10-12(18-2)5-7-16(14)19-17/h5-8,10-11,18-19H,3-4,9H2,1-2H3. The van der Waals surface area contributed by atoms with Gasteiger partial charge in [0.15, 0.2) is 0 Å². The highest BCUT2D eigenvalue weighted by Crippen LogP contribution is 2.30. The van der Waals surface area contributed by atoms with Crippen molar-refractivity contribution in [2.24, 2.45) is 0 Å². The van der Waals surface area contributed by atoms with E-state index in [4.69, 9.17) is 4.74 Å². The van der Waals surface area contributed by atoms with E-state index in [1.807, 2.05) is 13.1 Å². The van der Waals surface area contributed by atoms with Gasteiger partial charge in [0.2, 0.25) is 0 Å². The zero-order valence-electron chi connectivity index (χ0n) is 12.0. The van der Waals surface area contributed by atoms with Gasteiger partial charge in [-0.3, -0.25) is 0 Å². The lowest BCUT2D eigenvalue weighted by Gasteiger charge is -2.05. The summed E-state index contributed by atoms with van der Waals surface area (Å²) in [6, 6.07) is 12.6. The fraction of sp³-hybridized carbons (Fsp3) is 0.294. The van der Waals surface area contributed by atoms with E-state index < -0.39 is 0 Å². The number of ether oxygens (including phenoxy) is 1. The summed E-state index contributed by atoms with van der Waals surface area (Å²) in [6.45, 7) is 2.96. The lowest BCUT2D eigenvalue weighted by atomic mass is 10.1. The average molecular weight is 268 g/mol. The zero-order chi connectivity index (χ0) is 13.9. The van der Waals surface area contributed by atoms with Gasteiger partial charge in [-0.25, -0.2) is 0 Å². The molecule has 0 fully saturated rings. The molecule has 0 amide bonds. The Kier molecular flexibility index (Phi) is 3.50. The minimum Gasteiger partial charge on any atom is -0.494 e. The van der Waals surface area contributed by atoms with Crippen LogP contribution in [0.2, 0.25) is 0 Å². The maximum atomic E-state index is 5.80. The van der Waals surface area contributed by atoms with Crippen LogP contribution in [0.3, 0.4) is 0 Å². The molecular weight excluding hydrogens is 248 g/mol. The van der Waals surface area contributed by atoms with Crippen molar-refractivity contribution in [2.45, 2.75) is 19.8 Å². The van der Waals surface area contributed by atoms with Gasteiger partial charge in [-0.15, -0.1) is 0 Å². The summed E-state index contributed by atoms with van der Waals surface area (Å²) in [6.07, 6.45) is 2.25. The van der Waals surface area contributed by atoms with Crippen LogP contribution in [0.4, 0.5) is 5.69 Å². The molecule has 0 aliphatic heterocycles.